The highest BCUT2D eigenvalue weighted by molar-refractivity contribution is 5.97. The zero-order valence-electron chi connectivity index (χ0n) is 13.5. The van der Waals surface area contributed by atoms with Gasteiger partial charge in [0.25, 0.3) is 0 Å². The molecule has 1 heterocycles. The molecule has 7 heteroatoms. The molecule has 0 bridgehead atoms. The minimum atomic E-state index is -1.02. The van der Waals surface area contributed by atoms with E-state index in [2.05, 4.69) is 16.0 Å². The molecule has 5 nitrogen and oxygen atoms in total. The van der Waals surface area contributed by atoms with Gasteiger partial charge in [0.15, 0.2) is 11.6 Å². The summed E-state index contributed by atoms with van der Waals surface area (Å²) in [6.07, 6.45) is 1.08. The molecule has 0 spiro atoms. The first-order chi connectivity index (χ1) is 11.9. The third kappa shape index (κ3) is 3.93. The van der Waals surface area contributed by atoms with Gasteiger partial charge in [-0.3, -0.25) is 9.59 Å². The number of fused-ring (bicyclic) bond motifs is 1. The molecular weight excluding hydrogens is 328 g/mol. The standard InChI is InChI=1S/C18H17F2N3O2/c1-10(18(25)22-13-3-5-14(19)15(20)9-13)21-12-4-6-16-11(8-12)2-7-17(24)23-16/h3-6,8-10,21H,2,7H2,1H3,(H,22,25)(H,23,24). The number of hydrogen-bond acceptors (Lipinski definition) is 3. The van der Waals surface area contributed by atoms with Gasteiger partial charge in [0, 0.05) is 29.5 Å². The predicted octanol–water partition coefficient (Wildman–Crippen LogP) is 3.29. The van der Waals surface area contributed by atoms with E-state index in [1.165, 1.54) is 6.07 Å². The summed E-state index contributed by atoms with van der Waals surface area (Å²) in [6, 6.07) is 8.04. The van der Waals surface area contributed by atoms with Crippen molar-refractivity contribution in [2.45, 2.75) is 25.8 Å². The van der Waals surface area contributed by atoms with Crippen LogP contribution in [0.5, 0.6) is 0 Å². The maximum Gasteiger partial charge on any atom is 0.246 e. The smallest absolute Gasteiger partial charge is 0.246 e. The van der Waals surface area contributed by atoms with Gasteiger partial charge in [-0.25, -0.2) is 8.78 Å². The number of aryl methyl sites for hydroxylation is 1. The van der Waals surface area contributed by atoms with Crippen LogP contribution < -0.4 is 16.0 Å². The summed E-state index contributed by atoms with van der Waals surface area (Å²) in [5, 5.41) is 8.38. The summed E-state index contributed by atoms with van der Waals surface area (Å²) in [6.45, 7) is 1.66. The summed E-state index contributed by atoms with van der Waals surface area (Å²) in [5.41, 5.74) is 2.70. The maximum atomic E-state index is 13.2. The van der Waals surface area contributed by atoms with E-state index in [9.17, 15) is 18.4 Å². The number of carbonyl (C=O) groups is 2. The topological polar surface area (TPSA) is 70.2 Å². The molecule has 3 rings (SSSR count). The van der Waals surface area contributed by atoms with Gasteiger partial charge in [-0.15, -0.1) is 0 Å². The van der Waals surface area contributed by atoms with Crippen LogP contribution in [0.3, 0.4) is 0 Å². The lowest BCUT2D eigenvalue weighted by atomic mass is 10.0. The van der Waals surface area contributed by atoms with Gasteiger partial charge >= 0.3 is 0 Å². The lowest BCUT2D eigenvalue weighted by Gasteiger charge is -2.20. The molecule has 1 aliphatic heterocycles. The highest BCUT2D eigenvalue weighted by atomic mass is 19.2. The van der Waals surface area contributed by atoms with Gasteiger partial charge in [-0.05, 0) is 49.2 Å². The Morgan fingerprint density at radius 2 is 1.84 bits per heavy atom. The Bertz CT molecular complexity index is 839. The second kappa shape index (κ2) is 6.88. The Morgan fingerprint density at radius 1 is 1.08 bits per heavy atom. The normalized spacial score (nSPS) is 14.3. The van der Waals surface area contributed by atoms with Crippen molar-refractivity contribution in [1.82, 2.24) is 0 Å². The third-order valence-corrected chi connectivity index (χ3v) is 3.96. The lowest BCUT2D eigenvalue weighted by molar-refractivity contribution is -0.117. The van der Waals surface area contributed by atoms with Crippen molar-refractivity contribution in [3.63, 3.8) is 0 Å². The fourth-order valence-electron chi connectivity index (χ4n) is 2.61. The molecular formula is C18H17F2N3O2. The summed E-state index contributed by atoms with van der Waals surface area (Å²) in [7, 11) is 0. The van der Waals surface area contributed by atoms with Gasteiger partial charge in [0.1, 0.15) is 6.04 Å². The van der Waals surface area contributed by atoms with Crippen LogP contribution in [0, 0.1) is 11.6 Å². The van der Waals surface area contributed by atoms with E-state index in [-0.39, 0.29) is 17.5 Å². The molecule has 0 aromatic heterocycles. The van der Waals surface area contributed by atoms with Gasteiger partial charge < -0.3 is 16.0 Å². The van der Waals surface area contributed by atoms with Crippen LogP contribution in [0.15, 0.2) is 36.4 Å². The Morgan fingerprint density at radius 3 is 2.60 bits per heavy atom. The van der Waals surface area contributed by atoms with E-state index in [0.29, 0.717) is 12.8 Å². The Balaban J connectivity index is 1.65. The monoisotopic (exact) mass is 345 g/mol. The molecule has 1 atom stereocenters. The SMILES string of the molecule is CC(Nc1ccc2c(c1)CCC(=O)N2)C(=O)Nc1ccc(F)c(F)c1. The quantitative estimate of drug-likeness (QED) is 0.796. The molecule has 25 heavy (non-hydrogen) atoms. The molecule has 2 aromatic carbocycles. The molecule has 130 valence electrons. The van der Waals surface area contributed by atoms with Gasteiger partial charge in [0.05, 0.1) is 0 Å². The first kappa shape index (κ1) is 16.9. The first-order valence-electron chi connectivity index (χ1n) is 7.87. The van der Waals surface area contributed by atoms with Crippen molar-refractivity contribution < 1.29 is 18.4 Å². The van der Waals surface area contributed by atoms with E-state index in [0.717, 1.165) is 29.1 Å². The minimum absolute atomic E-state index is 0.00696. The molecule has 1 aliphatic rings. The molecule has 0 aliphatic carbocycles. The van der Waals surface area contributed by atoms with Crippen molar-refractivity contribution in [2.75, 3.05) is 16.0 Å². The highest BCUT2D eigenvalue weighted by Gasteiger charge is 2.17. The molecule has 0 radical (unpaired) electrons. The second-order valence-electron chi connectivity index (χ2n) is 5.90. The van der Waals surface area contributed by atoms with Crippen molar-refractivity contribution in [3.8, 4) is 0 Å². The zero-order valence-corrected chi connectivity index (χ0v) is 13.5. The van der Waals surface area contributed by atoms with Crippen LogP contribution in [0.2, 0.25) is 0 Å². The van der Waals surface area contributed by atoms with E-state index < -0.39 is 17.7 Å². The summed E-state index contributed by atoms with van der Waals surface area (Å²) < 4.78 is 26.1. The van der Waals surface area contributed by atoms with E-state index in [1.54, 1.807) is 19.1 Å². The Hall–Kier alpha value is -2.96. The number of amides is 2. The average Bonchev–Trinajstić information content (AvgIpc) is 2.58. The number of halogens is 2. The highest BCUT2D eigenvalue weighted by Crippen LogP contribution is 2.26. The third-order valence-electron chi connectivity index (χ3n) is 3.96. The van der Waals surface area contributed by atoms with E-state index >= 15 is 0 Å². The first-order valence-corrected chi connectivity index (χ1v) is 7.87. The minimum Gasteiger partial charge on any atom is -0.374 e. The molecule has 2 amide bonds. The van der Waals surface area contributed by atoms with Gasteiger partial charge in [-0.2, -0.15) is 0 Å². The second-order valence-corrected chi connectivity index (χ2v) is 5.90. The van der Waals surface area contributed by atoms with Crippen LogP contribution in [-0.2, 0) is 16.0 Å². The summed E-state index contributed by atoms with van der Waals surface area (Å²) in [5.74, 6) is -2.37. The Kier molecular flexibility index (Phi) is 4.65. The number of rotatable bonds is 4. The number of anilines is 3. The number of hydrogen-bond donors (Lipinski definition) is 3. The molecule has 0 saturated heterocycles. The van der Waals surface area contributed by atoms with Gasteiger partial charge in [0.2, 0.25) is 11.8 Å². The lowest BCUT2D eigenvalue weighted by Crippen LogP contribution is -2.32. The van der Waals surface area contributed by atoms with Crippen LogP contribution in [0.4, 0.5) is 25.8 Å². The fourth-order valence-corrected chi connectivity index (χ4v) is 2.61. The van der Waals surface area contributed by atoms with Crippen molar-refractivity contribution in [2.24, 2.45) is 0 Å². The number of nitrogens with one attached hydrogen (secondary N) is 3. The molecule has 2 aromatic rings. The molecule has 0 saturated carbocycles. The van der Waals surface area contributed by atoms with E-state index in [4.69, 9.17) is 0 Å². The number of benzene rings is 2. The molecule has 0 fully saturated rings. The van der Waals surface area contributed by atoms with Crippen molar-refractivity contribution in [3.05, 3.63) is 53.6 Å². The van der Waals surface area contributed by atoms with E-state index in [1.807, 2.05) is 6.07 Å². The van der Waals surface area contributed by atoms with Crippen molar-refractivity contribution in [1.29, 1.82) is 0 Å². The molecule has 3 N–H and O–H groups in total. The summed E-state index contributed by atoms with van der Waals surface area (Å²) >= 11 is 0. The van der Waals surface area contributed by atoms with Crippen LogP contribution in [0.1, 0.15) is 18.9 Å². The van der Waals surface area contributed by atoms with Crippen LogP contribution >= 0.6 is 0 Å². The van der Waals surface area contributed by atoms with Gasteiger partial charge in [-0.1, -0.05) is 0 Å². The average molecular weight is 345 g/mol. The van der Waals surface area contributed by atoms with Crippen molar-refractivity contribution >= 4 is 28.9 Å². The van der Waals surface area contributed by atoms with Crippen LogP contribution in [-0.4, -0.2) is 17.9 Å². The number of carbonyl (C=O) groups excluding carboxylic acids is 2. The Labute approximate surface area is 143 Å². The zero-order chi connectivity index (χ0) is 18.0. The summed E-state index contributed by atoms with van der Waals surface area (Å²) in [4.78, 5) is 23.6. The maximum absolute atomic E-state index is 13.2. The molecule has 1 unspecified atom stereocenters. The largest absolute Gasteiger partial charge is 0.374 e. The fraction of sp³-hybridized carbons (Fsp3) is 0.222. The predicted molar refractivity (Wildman–Crippen MR) is 91.5 cm³/mol. The van der Waals surface area contributed by atoms with Crippen LogP contribution in [0.25, 0.3) is 0 Å².